The zero-order valence-electron chi connectivity index (χ0n) is 14.0. The first-order chi connectivity index (χ1) is 12.4. The number of aryl methyl sites for hydroxylation is 1. The molecule has 1 N–H and O–H groups in total. The summed E-state index contributed by atoms with van der Waals surface area (Å²) in [6, 6.07) is 21.9. The summed E-state index contributed by atoms with van der Waals surface area (Å²) in [5.74, 6) is 0. The molecule has 6 heteroatoms. The van der Waals surface area contributed by atoms with Crippen LogP contribution in [-0.2, 0) is 10.0 Å². The first kappa shape index (κ1) is 17.7. The van der Waals surface area contributed by atoms with Crippen LogP contribution in [-0.4, -0.2) is 13.6 Å². The minimum atomic E-state index is -4.04. The van der Waals surface area contributed by atoms with Crippen LogP contribution in [0.25, 0.3) is 11.1 Å². The van der Waals surface area contributed by atoms with Gasteiger partial charge in [-0.05, 0) is 54.4 Å². The summed E-state index contributed by atoms with van der Waals surface area (Å²) in [4.78, 5) is 0.0155. The van der Waals surface area contributed by atoms with Gasteiger partial charge in [0, 0.05) is 0 Å². The Kier molecular flexibility index (Phi) is 4.76. The van der Waals surface area contributed by atoms with Gasteiger partial charge < -0.3 is 0 Å². The molecule has 26 heavy (non-hydrogen) atoms. The first-order valence-corrected chi connectivity index (χ1v) is 9.27. The maximum atomic E-state index is 12.5. The Balaban J connectivity index is 1.87. The van der Waals surface area contributed by atoms with E-state index in [1.807, 2.05) is 19.1 Å². The van der Waals surface area contributed by atoms with Gasteiger partial charge in [-0.25, -0.2) is 0 Å². The molecule has 0 spiro atoms. The standard InChI is InChI=1S/C20H16N2O3S/c1-15-2-12-20(13-3-15)26(24,25)22(23)19-10-8-18(9-11-19)17-6-4-16(14-21)5-7-17/h2-13,23H,1H3. The molecule has 0 saturated heterocycles. The van der Waals surface area contributed by atoms with E-state index in [0.29, 0.717) is 5.56 Å². The lowest BCUT2D eigenvalue weighted by molar-refractivity contribution is 0.316. The number of sulfonamides is 1. The van der Waals surface area contributed by atoms with Crippen LogP contribution in [0.2, 0.25) is 0 Å². The second-order valence-electron chi connectivity index (χ2n) is 5.80. The Morgan fingerprint density at radius 2 is 1.35 bits per heavy atom. The van der Waals surface area contributed by atoms with Crippen LogP contribution in [0, 0.1) is 18.3 Å². The Morgan fingerprint density at radius 1 is 0.846 bits per heavy atom. The van der Waals surface area contributed by atoms with Gasteiger partial charge in [0.25, 0.3) is 10.0 Å². The monoisotopic (exact) mass is 364 g/mol. The number of anilines is 1. The van der Waals surface area contributed by atoms with Crippen LogP contribution in [0.4, 0.5) is 5.69 Å². The fraction of sp³-hybridized carbons (Fsp3) is 0.0500. The van der Waals surface area contributed by atoms with Crippen molar-refractivity contribution in [2.75, 3.05) is 4.47 Å². The lowest BCUT2D eigenvalue weighted by Gasteiger charge is -2.17. The van der Waals surface area contributed by atoms with Gasteiger partial charge in [0.15, 0.2) is 0 Å². The zero-order chi connectivity index (χ0) is 18.7. The van der Waals surface area contributed by atoms with Crippen molar-refractivity contribution in [3.63, 3.8) is 0 Å². The lowest BCUT2D eigenvalue weighted by Crippen LogP contribution is -2.27. The highest BCUT2D eigenvalue weighted by atomic mass is 32.2. The Labute approximate surface area is 152 Å². The molecular formula is C20H16N2O3S. The SMILES string of the molecule is Cc1ccc(S(=O)(=O)N(O)c2ccc(-c3ccc(C#N)cc3)cc2)cc1. The molecule has 3 aromatic carbocycles. The van der Waals surface area contributed by atoms with E-state index in [0.717, 1.165) is 16.7 Å². The molecule has 0 aliphatic heterocycles. The molecule has 0 amide bonds. The molecule has 130 valence electrons. The van der Waals surface area contributed by atoms with Crippen LogP contribution in [0.5, 0.6) is 0 Å². The van der Waals surface area contributed by atoms with E-state index < -0.39 is 10.0 Å². The molecule has 0 aromatic heterocycles. The highest BCUT2D eigenvalue weighted by Crippen LogP contribution is 2.26. The highest BCUT2D eigenvalue weighted by Gasteiger charge is 2.23. The van der Waals surface area contributed by atoms with E-state index in [2.05, 4.69) is 6.07 Å². The zero-order valence-corrected chi connectivity index (χ0v) is 14.8. The van der Waals surface area contributed by atoms with Crippen molar-refractivity contribution < 1.29 is 13.6 Å². The normalized spacial score (nSPS) is 11.0. The largest absolute Gasteiger partial charge is 0.286 e. The summed E-state index contributed by atoms with van der Waals surface area (Å²) >= 11 is 0. The van der Waals surface area contributed by atoms with Gasteiger partial charge in [-0.2, -0.15) is 13.7 Å². The van der Waals surface area contributed by atoms with Gasteiger partial charge in [-0.15, -0.1) is 4.47 Å². The average molecular weight is 364 g/mol. The quantitative estimate of drug-likeness (QED) is 0.706. The van der Waals surface area contributed by atoms with Gasteiger partial charge in [0.05, 0.1) is 22.2 Å². The number of hydrogen-bond acceptors (Lipinski definition) is 4. The minimum Gasteiger partial charge on any atom is -0.274 e. The van der Waals surface area contributed by atoms with Crippen LogP contribution < -0.4 is 4.47 Å². The topological polar surface area (TPSA) is 81.4 Å². The molecule has 0 atom stereocenters. The smallest absolute Gasteiger partial charge is 0.274 e. The van der Waals surface area contributed by atoms with E-state index >= 15 is 0 Å². The molecule has 0 aliphatic rings. The number of hydrogen-bond donors (Lipinski definition) is 1. The van der Waals surface area contributed by atoms with Crippen molar-refractivity contribution >= 4 is 15.7 Å². The number of rotatable bonds is 4. The van der Waals surface area contributed by atoms with E-state index in [9.17, 15) is 13.6 Å². The fourth-order valence-corrected chi connectivity index (χ4v) is 3.55. The third-order valence-electron chi connectivity index (χ3n) is 3.98. The molecule has 0 unspecified atom stereocenters. The number of benzene rings is 3. The minimum absolute atomic E-state index is 0.0155. The summed E-state index contributed by atoms with van der Waals surface area (Å²) in [6.45, 7) is 1.86. The lowest BCUT2D eigenvalue weighted by atomic mass is 10.0. The van der Waals surface area contributed by atoms with Crippen LogP contribution in [0.1, 0.15) is 11.1 Å². The third kappa shape index (κ3) is 3.45. The average Bonchev–Trinajstić information content (AvgIpc) is 2.68. The first-order valence-electron chi connectivity index (χ1n) is 7.83. The van der Waals surface area contributed by atoms with Gasteiger partial charge in [0.2, 0.25) is 0 Å². The maximum Gasteiger partial charge on any atom is 0.286 e. The maximum absolute atomic E-state index is 12.5. The van der Waals surface area contributed by atoms with Gasteiger partial charge in [-0.3, -0.25) is 5.21 Å². The van der Waals surface area contributed by atoms with Crippen molar-refractivity contribution in [1.29, 1.82) is 5.26 Å². The fourth-order valence-electron chi connectivity index (χ4n) is 2.47. The summed E-state index contributed by atoms with van der Waals surface area (Å²) < 4.78 is 25.3. The molecule has 3 aromatic rings. The van der Waals surface area contributed by atoms with Crippen LogP contribution in [0.15, 0.2) is 77.7 Å². The Hall–Kier alpha value is -3.14. The van der Waals surface area contributed by atoms with Crippen molar-refractivity contribution in [2.45, 2.75) is 11.8 Å². The third-order valence-corrected chi connectivity index (χ3v) is 5.52. The molecular weight excluding hydrogens is 348 g/mol. The van der Waals surface area contributed by atoms with Crippen molar-refractivity contribution in [3.8, 4) is 17.2 Å². The van der Waals surface area contributed by atoms with Crippen LogP contribution >= 0.6 is 0 Å². The molecule has 5 nitrogen and oxygen atoms in total. The molecule has 0 aliphatic carbocycles. The summed E-state index contributed by atoms with van der Waals surface area (Å²) in [7, 11) is -4.04. The van der Waals surface area contributed by atoms with Crippen molar-refractivity contribution in [1.82, 2.24) is 0 Å². The van der Waals surface area contributed by atoms with Gasteiger partial charge in [0.1, 0.15) is 0 Å². The molecule has 3 rings (SSSR count). The molecule has 0 radical (unpaired) electrons. The van der Waals surface area contributed by atoms with E-state index in [1.54, 1.807) is 36.4 Å². The Bertz CT molecular complexity index is 1050. The van der Waals surface area contributed by atoms with Gasteiger partial charge in [-0.1, -0.05) is 42.0 Å². The Morgan fingerprint density at radius 3 is 1.85 bits per heavy atom. The van der Waals surface area contributed by atoms with E-state index in [1.165, 1.54) is 24.3 Å². The second-order valence-corrected chi connectivity index (χ2v) is 7.56. The van der Waals surface area contributed by atoms with E-state index in [4.69, 9.17) is 5.26 Å². The molecule has 0 saturated carbocycles. The predicted molar refractivity (Wildman–Crippen MR) is 99.2 cm³/mol. The second kappa shape index (κ2) is 7.00. The van der Waals surface area contributed by atoms with E-state index in [-0.39, 0.29) is 15.1 Å². The van der Waals surface area contributed by atoms with Crippen molar-refractivity contribution in [3.05, 3.63) is 83.9 Å². The number of nitrogens with zero attached hydrogens (tertiary/aromatic N) is 2. The summed E-state index contributed by atoms with van der Waals surface area (Å²) in [5, 5.41) is 19.1. The highest BCUT2D eigenvalue weighted by molar-refractivity contribution is 7.92. The predicted octanol–water partition coefficient (Wildman–Crippen LogP) is 4.12. The molecule has 0 fully saturated rings. The molecule has 0 heterocycles. The summed E-state index contributed by atoms with van der Waals surface area (Å²) in [5.41, 5.74) is 3.38. The molecule has 0 bridgehead atoms. The van der Waals surface area contributed by atoms with Gasteiger partial charge >= 0.3 is 0 Å². The van der Waals surface area contributed by atoms with Crippen molar-refractivity contribution in [2.24, 2.45) is 0 Å². The number of nitriles is 1. The van der Waals surface area contributed by atoms with Crippen LogP contribution in [0.3, 0.4) is 0 Å². The summed E-state index contributed by atoms with van der Waals surface area (Å²) in [6.07, 6.45) is 0.